The Morgan fingerprint density at radius 3 is 2.43 bits per heavy atom. The maximum absolute atomic E-state index is 13.2. The van der Waals surface area contributed by atoms with E-state index in [1.165, 1.54) is 0 Å². The van der Waals surface area contributed by atoms with Crippen LogP contribution in [0, 0.1) is 0 Å². The Labute approximate surface area is 171 Å². The van der Waals surface area contributed by atoms with Gasteiger partial charge in [-0.2, -0.15) is 0 Å². The number of hydrogen-bond donors (Lipinski definition) is 0. The molecule has 0 fully saturated rings. The SMILES string of the molecule is COc1cccc(/C=C2/N=C(c3ccccc3)N(c3ccc(Br)cc3)C2=O)c1. The average molecular weight is 433 g/mol. The number of amidine groups is 1. The molecule has 0 saturated carbocycles. The maximum Gasteiger partial charge on any atom is 0.282 e. The van der Waals surface area contributed by atoms with E-state index in [1.54, 1.807) is 18.1 Å². The zero-order chi connectivity index (χ0) is 19.5. The summed E-state index contributed by atoms with van der Waals surface area (Å²) in [5.41, 5.74) is 2.89. The van der Waals surface area contributed by atoms with E-state index >= 15 is 0 Å². The molecule has 28 heavy (non-hydrogen) atoms. The van der Waals surface area contributed by atoms with E-state index in [0.29, 0.717) is 11.5 Å². The van der Waals surface area contributed by atoms with Crippen LogP contribution in [-0.2, 0) is 4.79 Å². The molecule has 5 heteroatoms. The summed E-state index contributed by atoms with van der Waals surface area (Å²) in [4.78, 5) is 19.6. The quantitative estimate of drug-likeness (QED) is 0.525. The predicted octanol–water partition coefficient (Wildman–Crippen LogP) is 5.29. The fraction of sp³-hybridized carbons (Fsp3) is 0.0435. The highest BCUT2D eigenvalue weighted by Gasteiger charge is 2.32. The third-order valence-electron chi connectivity index (χ3n) is 4.37. The van der Waals surface area contributed by atoms with Crippen molar-refractivity contribution in [3.8, 4) is 5.75 Å². The Balaban J connectivity index is 1.80. The molecule has 1 aliphatic rings. The zero-order valence-corrected chi connectivity index (χ0v) is 16.8. The first-order chi connectivity index (χ1) is 13.7. The number of amides is 1. The molecule has 0 unspecified atom stereocenters. The predicted molar refractivity (Wildman–Crippen MR) is 116 cm³/mol. The first-order valence-electron chi connectivity index (χ1n) is 8.75. The van der Waals surface area contributed by atoms with Crippen molar-refractivity contribution in [1.29, 1.82) is 0 Å². The first-order valence-corrected chi connectivity index (χ1v) is 9.55. The summed E-state index contributed by atoms with van der Waals surface area (Å²) < 4.78 is 6.23. The van der Waals surface area contributed by atoms with E-state index < -0.39 is 0 Å². The molecule has 0 atom stereocenters. The van der Waals surface area contributed by atoms with Gasteiger partial charge in [0.1, 0.15) is 17.3 Å². The van der Waals surface area contributed by atoms with Crippen molar-refractivity contribution in [3.63, 3.8) is 0 Å². The van der Waals surface area contributed by atoms with Gasteiger partial charge in [0.25, 0.3) is 5.91 Å². The molecule has 1 amide bonds. The molecule has 0 radical (unpaired) electrons. The number of carbonyl (C=O) groups excluding carboxylic acids is 1. The molecule has 0 saturated heterocycles. The fourth-order valence-corrected chi connectivity index (χ4v) is 3.28. The lowest BCUT2D eigenvalue weighted by molar-refractivity contribution is -0.113. The van der Waals surface area contributed by atoms with Gasteiger partial charge in [-0.25, -0.2) is 4.99 Å². The number of methoxy groups -OCH3 is 1. The van der Waals surface area contributed by atoms with Gasteiger partial charge < -0.3 is 4.74 Å². The molecule has 0 spiro atoms. The smallest absolute Gasteiger partial charge is 0.282 e. The van der Waals surface area contributed by atoms with E-state index in [2.05, 4.69) is 20.9 Å². The van der Waals surface area contributed by atoms with E-state index in [-0.39, 0.29) is 5.91 Å². The molecule has 4 rings (SSSR count). The van der Waals surface area contributed by atoms with Crippen LogP contribution in [-0.4, -0.2) is 18.9 Å². The largest absolute Gasteiger partial charge is 0.497 e. The molecule has 4 nitrogen and oxygen atoms in total. The van der Waals surface area contributed by atoms with Crippen LogP contribution in [0.25, 0.3) is 6.08 Å². The number of anilines is 1. The van der Waals surface area contributed by atoms with Crippen molar-refractivity contribution in [1.82, 2.24) is 0 Å². The van der Waals surface area contributed by atoms with Crippen LogP contribution in [0.3, 0.4) is 0 Å². The van der Waals surface area contributed by atoms with Gasteiger partial charge in [-0.3, -0.25) is 9.69 Å². The molecule has 138 valence electrons. The Kier molecular flexibility index (Phi) is 5.08. The minimum absolute atomic E-state index is 0.163. The fourth-order valence-electron chi connectivity index (χ4n) is 3.02. The van der Waals surface area contributed by atoms with E-state index in [9.17, 15) is 4.79 Å². The number of aliphatic imine (C=N–C) groups is 1. The first kappa shape index (κ1) is 18.2. The molecule has 3 aromatic carbocycles. The molecule has 0 aromatic heterocycles. The molecule has 0 bridgehead atoms. The lowest BCUT2D eigenvalue weighted by Gasteiger charge is -2.18. The van der Waals surface area contributed by atoms with Crippen molar-refractivity contribution >= 4 is 39.4 Å². The van der Waals surface area contributed by atoms with Gasteiger partial charge in [0.2, 0.25) is 0 Å². The highest BCUT2D eigenvalue weighted by atomic mass is 79.9. The van der Waals surface area contributed by atoms with Crippen LogP contribution < -0.4 is 9.64 Å². The summed E-state index contributed by atoms with van der Waals surface area (Å²) in [6.07, 6.45) is 1.78. The van der Waals surface area contributed by atoms with Crippen LogP contribution in [0.15, 0.2) is 94.0 Å². The maximum atomic E-state index is 13.2. The third kappa shape index (κ3) is 3.62. The van der Waals surface area contributed by atoms with Gasteiger partial charge in [0, 0.05) is 10.0 Å². The molecular weight excluding hydrogens is 416 g/mol. The Morgan fingerprint density at radius 2 is 1.71 bits per heavy atom. The molecule has 0 aliphatic carbocycles. The monoisotopic (exact) mass is 432 g/mol. The second kappa shape index (κ2) is 7.82. The van der Waals surface area contributed by atoms with Gasteiger partial charge >= 0.3 is 0 Å². The minimum atomic E-state index is -0.163. The number of ether oxygens (including phenoxy) is 1. The molecule has 1 heterocycles. The number of rotatable bonds is 4. The summed E-state index contributed by atoms with van der Waals surface area (Å²) in [5.74, 6) is 1.18. The third-order valence-corrected chi connectivity index (χ3v) is 4.90. The van der Waals surface area contributed by atoms with Gasteiger partial charge in [-0.05, 0) is 48.0 Å². The lowest BCUT2D eigenvalue weighted by atomic mass is 10.1. The Hall–Kier alpha value is -3.18. The topological polar surface area (TPSA) is 41.9 Å². The highest BCUT2D eigenvalue weighted by Crippen LogP contribution is 2.29. The van der Waals surface area contributed by atoms with Gasteiger partial charge in [-0.15, -0.1) is 0 Å². The number of benzene rings is 3. The van der Waals surface area contributed by atoms with Gasteiger partial charge in [0.15, 0.2) is 0 Å². The van der Waals surface area contributed by atoms with Crippen LogP contribution in [0.4, 0.5) is 5.69 Å². The number of nitrogens with zero attached hydrogens (tertiary/aromatic N) is 2. The number of carbonyl (C=O) groups is 1. The lowest BCUT2D eigenvalue weighted by Crippen LogP contribution is -2.32. The van der Waals surface area contributed by atoms with Gasteiger partial charge in [-0.1, -0.05) is 58.4 Å². The summed E-state index contributed by atoms with van der Waals surface area (Å²) in [6.45, 7) is 0. The van der Waals surface area contributed by atoms with E-state index in [4.69, 9.17) is 4.74 Å². The summed E-state index contributed by atoms with van der Waals surface area (Å²) in [6, 6.07) is 24.9. The molecule has 3 aromatic rings. The van der Waals surface area contributed by atoms with Gasteiger partial charge in [0.05, 0.1) is 12.8 Å². The van der Waals surface area contributed by atoms with Crippen LogP contribution >= 0.6 is 15.9 Å². The Bertz CT molecular complexity index is 1070. The van der Waals surface area contributed by atoms with Crippen LogP contribution in [0.2, 0.25) is 0 Å². The van der Waals surface area contributed by atoms with E-state index in [0.717, 1.165) is 27.0 Å². The Morgan fingerprint density at radius 1 is 0.964 bits per heavy atom. The van der Waals surface area contributed by atoms with Crippen LogP contribution in [0.1, 0.15) is 11.1 Å². The molecule has 1 aliphatic heterocycles. The second-order valence-electron chi connectivity index (χ2n) is 6.22. The van der Waals surface area contributed by atoms with Crippen molar-refractivity contribution in [2.45, 2.75) is 0 Å². The normalized spacial score (nSPS) is 15.1. The highest BCUT2D eigenvalue weighted by molar-refractivity contribution is 9.10. The van der Waals surface area contributed by atoms with Crippen LogP contribution in [0.5, 0.6) is 5.75 Å². The van der Waals surface area contributed by atoms with E-state index in [1.807, 2.05) is 78.9 Å². The number of halogens is 1. The zero-order valence-electron chi connectivity index (χ0n) is 15.2. The van der Waals surface area contributed by atoms with Crippen molar-refractivity contribution in [2.24, 2.45) is 4.99 Å². The van der Waals surface area contributed by atoms with Crippen molar-refractivity contribution in [2.75, 3.05) is 12.0 Å². The molecular formula is C23H17BrN2O2. The minimum Gasteiger partial charge on any atom is -0.497 e. The summed E-state index contributed by atoms with van der Waals surface area (Å²) in [5, 5.41) is 0. The summed E-state index contributed by atoms with van der Waals surface area (Å²) in [7, 11) is 1.62. The standard InChI is InChI=1S/C23H17BrN2O2/c1-28-20-9-5-6-16(14-20)15-21-23(27)26(19-12-10-18(24)11-13-19)22(25-21)17-7-3-2-4-8-17/h2-15H,1H3/b21-15+. The number of hydrogen-bond acceptors (Lipinski definition) is 3. The van der Waals surface area contributed by atoms with Crippen molar-refractivity contribution < 1.29 is 9.53 Å². The summed E-state index contributed by atoms with van der Waals surface area (Å²) >= 11 is 3.44. The second-order valence-corrected chi connectivity index (χ2v) is 7.14. The van der Waals surface area contributed by atoms with Crippen molar-refractivity contribution in [3.05, 3.63) is 100 Å². The average Bonchev–Trinajstić information content (AvgIpc) is 3.05. The molecule has 0 N–H and O–H groups in total.